The number of fused-ring (bicyclic) bond motifs is 1. The standard InChI is InChI=1S/C16H18N4O3S/c1-3-10-8-20(12-6-5-7-17-13(12)18-10)15(21)11-9-24-14(19-11)16(22)23-4-2/h5-7,9-10H,3-4,8H2,1-2H3,(H,17,18). The molecule has 0 aromatic carbocycles. The summed E-state index contributed by atoms with van der Waals surface area (Å²) >= 11 is 1.11. The van der Waals surface area contributed by atoms with Gasteiger partial charge in [0.2, 0.25) is 5.01 Å². The molecule has 0 fully saturated rings. The normalized spacial score (nSPS) is 16.2. The van der Waals surface area contributed by atoms with Crippen molar-refractivity contribution in [1.29, 1.82) is 0 Å². The number of nitrogens with one attached hydrogen (secondary N) is 1. The number of aromatic nitrogens is 2. The van der Waals surface area contributed by atoms with E-state index in [0.29, 0.717) is 12.4 Å². The Morgan fingerprint density at radius 2 is 2.29 bits per heavy atom. The van der Waals surface area contributed by atoms with E-state index in [1.165, 1.54) is 0 Å². The van der Waals surface area contributed by atoms with Crippen LogP contribution >= 0.6 is 11.3 Å². The number of carbonyl (C=O) groups excluding carboxylic acids is 2. The zero-order chi connectivity index (χ0) is 17.1. The van der Waals surface area contributed by atoms with Crippen molar-refractivity contribution >= 4 is 34.7 Å². The van der Waals surface area contributed by atoms with E-state index in [1.54, 1.807) is 29.5 Å². The maximum atomic E-state index is 12.9. The Labute approximate surface area is 143 Å². The highest BCUT2D eigenvalue weighted by molar-refractivity contribution is 7.11. The van der Waals surface area contributed by atoms with Gasteiger partial charge in [-0.1, -0.05) is 6.92 Å². The highest BCUT2D eigenvalue weighted by Gasteiger charge is 2.30. The molecule has 3 heterocycles. The van der Waals surface area contributed by atoms with Gasteiger partial charge < -0.3 is 15.0 Å². The fraction of sp³-hybridized carbons (Fsp3) is 0.375. The minimum atomic E-state index is -0.504. The Balaban J connectivity index is 1.88. The molecule has 1 N–H and O–H groups in total. The van der Waals surface area contributed by atoms with Crippen molar-refractivity contribution in [2.75, 3.05) is 23.4 Å². The molecular weight excluding hydrogens is 328 g/mol. The average molecular weight is 346 g/mol. The maximum Gasteiger partial charge on any atom is 0.367 e. The minimum absolute atomic E-state index is 0.125. The first-order valence-corrected chi connectivity index (χ1v) is 8.68. The van der Waals surface area contributed by atoms with Crippen molar-refractivity contribution < 1.29 is 14.3 Å². The number of thiazole rings is 1. The van der Waals surface area contributed by atoms with E-state index in [4.69, 9.17) is 4.74 Å². The van der Waals surface area contributed by atoms with Gasteiger partial charge in [0.1, 0.15) is 11.5 Å². The zero-order valence-corrected chi connectivity index (χ0v) is 14.3. The summed E-state index contributed by atoms with van der Waals surface area (Å²) in [6.07, 6.45) is 2.55. The number of pyridine rings is 1. The molecule has 1 aliphatic heterocycles. The first-order chi connectivity index (χ1) is 11.6. The van der Waals surface area contributed by atoms with Crippen molar-refractivity contribution in [3.05, 3.63) is 34.4 Å². The van der Waals surface area contributed by atoms with Gasteiger partial charge in [-0.15, -0.1) is 11.3 Å². The summed E-state index contributed by atoms with van der Waals surface area (Å²) in [6, 6.07) is 3.76. The Morgan fingerprint density at radius 3 is 3.04 bits per heavy atom. The lowest BCUT2D eigenvalue weighted by Crippen LogP contribution is -2.45. The van der Waals surface area contributed by atoms with Gasteiger partial charge in [0.05, 0.1) is 12.3 Å². The Bertz CT molecular complexity index is 761. The van der Waals surface area contributed by atoms with Crippen LogP contribution in [0.2, 0.25) is 0 Å². The molecule has 126 valence electrons. The molecule has 0 aliphatic carbocycles. The quantitative estimate of drug-likeness (QED) is 0.857. The molecule has 1 amide bonds. The van der Waals surface area contributed by atoms with Crippen LogP contribution in [0.4, 0.5) is 11.5 Å². The third-order valence-electron chi connectivity index (χ3n) is 3.73. The fourth-order valence-corrected chi connectivity index (χ4v) is 3.19. The van der Waals surface area contributed by atoms with Crippen molar-refractivity contribution in [3.8, 4) is 0 Å². The molecule has 3 rings (SSSR count). The van der Waals surface area contributed by atoms with Gasteiger partial charge in [0, 0.05) is 24.2 Å². The summed E-state index contributed by atoms with van der Waals surface area (Å²) in [6.45, 7) is 4.58. The number of hydrogen-bond acceptors (Lipinski definition) is 7. The summed E-state index contributed by atoms with van der Waals surface area (Å²) in [4.78, 5) is 34.7. The summed E-state index contributed by atoms with van der Waals surface area (Å²) in [5, 5.41) is 5.11. The van der Waals surface area contributed by atoms with Crippen molar-refractivity contribution in [1.82, 2.24) is 9.97 Å². The van der Waals surface area contributed by atoms with Crippen LogP contribution in [0.1, 0.15) is 40.6 Å². The molecule has 2 aromatic rings. The molecule has 0 radical (unpaired) electrons. The van der Waals surface area contributed by atoms with Crippen LogP contribution in [-0.2, 0) is 4.74 Å². The third-order valence-corrected chi connectivity index (χ3v) is 4.55. The first kappa shape index (κ1) is 16.4. The average Bonchev–Trinajstić information content (AvgIpc) is 3.10. The monoisotopic (exact) mass is 346 g/mol. The van der Waals surface area contributed by atoms with Gasteiger partial charge in [-0.2, -0.15) is 0 Å². The second-order valence-corrected chi connectivity index (χ2v) is 6.15. The molecule has 0 saturated carbocycles. The van der Waals surface area contributed by atoms with E-state index < -0.39 is 5.97 Å². The fourth-order valence-electron chi connectivity index (χ4n) is 2.50. The third kappa shape index (κ3) is 3.09. The number of ether oxygens (including phenoxy) is 1. The van der Waals surface area contributed by atoms with Gasteiger partial charge in [-0.25, -0.2) is 14.8 Å². The lowest BCUT2D eigenvalue weighted by Gasteiger charge is -2.34. The number of rotatable bonds is 4. The minimum Gasteiger partial charge on any atom is -0.461 e. The number of nitrogens with zero attached hydrogens (tertiary/aromatic N) is 3. The second kappa shape index (κ2) is 6.96. The van der Waals surface area contributed by atoms with Crippen LogP contribution in [0.25, 0.3) is 0 Å². The topological polar surface area (TPSA) is 84.4 Å². The number of hydrogen-bond donors (Lipinski definition) is 1. The number of anilines is 2. The SMILES string of the molecule is CCOC(=O)c1nc(C(=O)N2CC(CC)Nc3ncccc32)cs1. The molecular formula is C16H18N4O3S. The Morgan fingerprint density at radius 1 is 1.46 bits per heavy atom. The molecule has 1 unspecified atom stereocenters. The number of carbonyl (C=O) groups is 2. The molecule has 7 nitrogen and oxygen atoms in total. The molecule has 8 heteroatoms. The largest absolute Gasteiger partial charge is 0.461 e. The van der Waals surface area contributed by atoms with Crippen LogP contribution in [-0.4, -0.2) is 41.0 Å². The summed E-state index contributed by atoms with van der Waals surface area (Å²) in [5.74, 6) is -0.0591. The van der Waals surface area contributed by atoms with Crippen LogP contribution < -0.4 is 10.2 Å². The zero-order valence-electron chi connectivity index (χ0n) is 13.5. The molecule has 0 spiro atoms. The van der Waals surface area contributed by atoms with Crippen LogP contribution in [0.15, 0.2) is 23.7 Å². The molecule has 2 aromatic heterocycles. The molecule has 0 bridgehead atoms. The van der Waals surface area contributed by atoms with Gasteiger partial charge in [-0.05, 0) is 25.5 Å². The maximum absolute atomic E-state index is 12.9. The van der Waals surface area contributed by atoms with Gasteiger partial charge in [-0.3, -0.25) is 4.79 Å². The summed E-state index contributed by atoms with van der Waals surface area (Å²) in [5.41, 5.74) is 0.965. The van der Waals surface area contributed by atoms with E-state index in [1.807, 2.05) is 6.07 Å². The summed E-state index contributed by atoms with van der Waals surface area (Å²) in [7, 11) is 0. The van der Waals surface area contributed by atoms with E-state index in [9.17, 15) is 9.59 Å². The smallest absolute Gasteiger partial charge is 0.367 e. The van der Waals surface area contributed by atoms with E-state index in [-0.39, 0.29) is 29.3 Å². The second-order valence-electron chi connectivity index (χ2n) is 5.29. The number of esters is 1. The molecule has 1 aliphatic rings. The molecule has 24 heavy (non-hydrogen) atoms. The van der Waals surface area contributed by atoms with Crippen LogP contribution in [0.5, 0.6) is 0 Å². The van der Waals surface area contributed by atoms with Gasteiger partial charge in [0.15, 0.2) is 0 Å². The Kier molecular flexibility index (Phi) is 4.75. The number of amides is 1. The predicted molar refractivity (Wildman–Crippen MR) is 91.7 cm³/mol. The lowest BCUT2D eigenvalue weighted by molar-refractivity contribution is 0.0526. The van der Waals surface area contributed by atoms with Crippen LogP contribution in [0.3, 0.4) is 0 Å². The van der Waals surface area contributed by atoms with Crippen molar-refractivity contribution in [3.63, 3.8) is 0 Å². The lowest BCUT2D eigenvalue weighted by atomic mass is 10.1. The van der Waals surface area contributed by atoms with E-state index in [0.717, 1.165) is 23.4 Å². The highest BCUT2D eigenvalue weighted by atomic mass is 32.1. The highest BCUT2D eigenvalue weighted by Crippen LogP contribution is 2.30. The predicted octanol–water partition coefficient (Wildman–Crippen LogP) is 2.57. The van der Waals surface area contributed by atoms with E-state index in [2.05, 4.69) is 22.2 Å². The summed E-state index contributed by atoms with van der Waals surface area (Å²) < 4.78 is 4.92. The molecule has 1 atom stereocenters. The molecule has 0 saturated heterocycles. The Hall–Kier alpha value is -2.48. The first-order valence-electron chi connectivity index (χ1n) is 7.80. The van der Waals surface area contributed by atoms with Gasteiger partial charge >= 0.3 is 5.97 Å². The van der Waals surface area contributed by atoms with Crippen molar-refractivity contribution in [2.24, 2.45) is 0 Å². The van der Waals surface area contributed by atoms with E-state index >= 15 is 0 Å². The van der Waals surface area contributed by atoms with Crippen LogP contribution in [0, 0.1) is 0 Å². The van der Waals surface area contributed by atoms with Gasteiger partial charge in [0.25, 0.3) is 5.91 Å². The van der Waals surface area contributed by atoms with Crippen molar-refractivity contribution in [2.45, 2.75) is 26.3 Å².